The molecule has 1 fully saturated rings. The number of aromatic nitrogens is 2. The van der Waals surface area contributed by atoms with E-state index >= 15 is 0 Å². The second-order valence-corrected chi connectivity index (χ2v) is 9.96. The predicted molar refractivity (Wildman–Crippen MR) is 119 cm³/mol. The molecule has 0 bridgehead atoms. The normalized spacial score (nSPS) is 14.6. The third-order valence-corrected chi connectivity index (χ3v) is 7.50. The average Bonchev–Trinajstić information content (AvgIpc) is 3.09. The van der Waals surface area contributed by atoms with E-state index in [9.17, 15) is 31.2 Å². The van der Waals surface area contributed by atoms with Gasteiger partial charge in [0, 0.05) is 24.0 Å². The molecule has 34 heavy (non-hydrogen) atoms. The number of halogens is 4. The fraction of sp³-hybridized carbons (Fsp3) is 0.391. The number of hydrogen-bond donors (Lipinski definition) is 1. The average molecular weight is 495 g/mol. The van der Waals surface area contributed by atoms with Crippen LogP contribution in [-0.2, 0) is 16.4 Å². The van der Waals surface area contributed by atoms with Gasteiger partial charge in [-0.05, 0) is 43.0 Å². The molecule has 4 rings (SSSR count). The zero-order valence-electron chi connectivity index (χ0n) is 18.0. The summed E-state index contributed by atoms with van der Waals surface area (Å²) >= 11 is 0. The van der Waals surface area contributed by atoms with Crippen molar-refractivity contribution < 1.29 is 26.0 Å². The maximum Gasteiger partial charge on any atom is 0.242 e. The number of fused-ring (bicyclic) bond motifs is 1. The Balaban J connectivity index is 1.81. The van der Waals surface area contributed by atoms with Gasteiger partial charge in [-0.3, -0.25) is 4.98 Å². The zero-order chi connectivity index (χ0) is 24.5. The molecule has 1 aromatic carbocycles. The third kappa shape index (κ3) is 4.52. The third-order valence-electron chi connectivity index (χ3n) is 5.99. The van der Waals surface area contributed by atoms with Crippen molar-refractivity contribution in [1.82, 2.24) is 14.3 Å². The summed E-state index contributed by atoms with van der Waals surface area (Å²) in [4.78, 5) is 3.98. The van der Waals surface area contributed by atoms with Crippen molar-refractivity contribution in [3.63, 3.8) is 0 Å². The molecule has 2 heterocycles. The van der Waals surface area contributed by atoms with Gasteiger partial charge in [0.05, 0.1) is 28.5 Å². The van der Waals surface area contributed by atoms with Crippen LogP contribution in [-0.4, -0.2) is 43.8 Å². The lowest BCUT2D eigenvalue weighted by molar-refractivity contribution is 0.149. The summed E-state index contributed by atoms with van der Waals surface area (Å²) in [5.41, 5.74) is 2.25. The van der Waals surface area contributed by atoms with E-state index in [1.807, 2.05) is 9.29 Å². The van der Waals surface area contributed by atoms with Crippen LogP contribution in [0.15, 0.2) is 41.4 Å². The monoisotopic (exact) mass is 494 g/mol. The lowest BCUT2D eigenvalue weighted by Gasteiger charge is -2.30. The van der Waals surface area contributed by atoms with Gasteiger partial charge in [0.2, 0.25) is 16.4 Å². The minimum atomic E-state index is -4.20. The summed E-state index contributed by atoms with van der Waals surface area (Å²) < 4.78 is 80.2. The van der Waals surface area contributed by atoms with Crippen LogP contribution in [0.1, 0.15) is 36.4 Å². The first-order valence-corrected chi connectivity index (χ1v) is 12.2. The fourth-order valence-corrected chi connectivity index (χ4v) is 5.26. The van der Waals surface area contributed by atoms with Gasteiger partial charge in [0.1, 0.15) is 24.3 Å². The van der Waals surface area contributed by atoms with Gasteiger partial charge >= 0.3 is 0 Å². The highest BCUT2D eigenvalue weighted by atomic mass is 32.2. The van der Waals surface area contributed by atoms with Crippen LogP contribution in [0.2, 0.25) is 0 Å². The molecule has 0 aliphatic heterocycles. The smallest absolute Gasteiger partial charge is 0.242 e. The SMILES string of the molecule is N#Cc1c(-c2ccc(S(=O)(=O)NC(CF)CF)cn2)n(C2CCC2)c2cc(CC(F)F)ccc12. The first-order chi connectivity index (χ1) is 16.3. The van der Waals surface area contributed by atoms with Gasteiger partial charge in [-0.1, -0.05) is 12.1 Å². The molecule has 0 atom stereocenters. The minimum absolute atomic E-state index is 0.0585. The summed E-state index contributed by atoms with van der Waals surface area (Å²) in [5, 5.41) is 10.5. The van der Waals surface area contributed by atoms with E-state index in [2.05, 4.69) is 11.1 Å². The number of nitrogens with zero attached hydrogens (tertiary/aromatic N) is 3. The standard InChI is InChI=1S/C23H22F4N4O2S/c24-10-15(11-25)30-34(32,33)17-5-7-20(29-13-17)23-19(12-28)18-6-4-14(9-22(26)27)8-21(18)31(23)16-2-1-3-16/h4-8,13,15-16,22,30H,1-3,9-11H2. The number of rotatable bonds is 9. The summed E-state index contributed by atoms with van der Waals surface area (Å²) in [6.45, 7) is -2.39. The topological polar surface area (TPSA) is 87.8 Å². The van der Waals surface area contributed by atoms with Crippen LogP contribution in [0.5, 0.6) is 0 Å². The Hall–Kier alpha value is -2.97. The lowest BCUT2D eigenvalue weighted by atomic mass is 9.92. The molecule has 1 aliphatic rings. The van der Waals surface area contributed by atoms with Crippen LogP contribution >= 0.6 is 0 Å². The van der Waals surface area contributed by atoms with Crippen molar-refractivity contribution in [2.24, 2.45) is 0 Å². The van der Waals surface area contributed by atoms with Crippen molar-refractivity contribution in [2.75, 3.05) is 13.3 Å². The minimum Gasteiger partial charge on any atom is -0.335 e. The Morgan fingerprint density at radius 3 is 2.44 bits per heavy atom. The van der Waals surface area contributed by atoms with Gasteiger partial charge in [0.25, 0.3) is 0 Å². The largest absolute Gasteiger partial charge is 0.335 e. The Morgan fingerprint density at radius 1 is 1.18 bits per heavy atom. The quantitative estimate of drug-likeness (QED) is 0.437. The summed E-state index contributed by atoms with van der Waals surface area (Å²) in [6.07, 6.45) is 0.856. The lowest BCUT2D eigenvalue weighted by Crippen LogP contribution is -2.37. The molecule has 2 aromatic heterocycles. The van der Waals surface area contributed by atoms with E-state index in [0.717, 1.165) is 25.5 Å². The molecular formula is C23H22F4N4O2S. The Bertz CT molecular complexity index is 1330. The Kier molecular flexibility index (Phi) is 6.91. The van der Waals surface area contributed by atoms with Crippen molar-refractivity contribution in [3.05, 3.63) is 47.7 Å². The van der Waals surface area contributed by atoms with Crippen LogP contribution in [0, 0.1) is 11.3 Å². The number of hydrogen-bond acceptors (Lipinski definition) is 4. The highest BCUT2D eigenvalue weighted by Gasteiger charge is 2.29. The maximum atomic E-state index is 13.0. The number of nitriles is 1. The molecular weight excluding hydrogens is 472 g/mol. The van der Waals surface area contributed by atoms with E-state index in [4.69, 9.17) is 0 Å². The van der Waals surface area contributed by atoms with Gasteiger partial charge in [-0.15, -0.1) is 0 Å². The second-order valence-electron chi connectivity index (χ2n) is 8.24. The Morgan fingerprint density at radius 2 is 1.91 bits per heavy atom. The van der Waals surface area contributed by atoms with Crippen LogP contribution < -0.4 is 4.72 Å². The molecule has 180 valence electrons. The molecule has 1 N–H and O–H groups in total. The molecule has 1 aliphatic carbocycles. The van der Waals surface area contributed by atoms with Crippen LogP contribution in [0.25, 0.3) is 22.3 Å². The predicted octanol–water partition coefficient (Wildman–Crippen LogP) is 4.69. The number of sulfonamides is 1. The zero-order valence-corrected chi connectivity index (χ0v) is 18.8. The number of benzene rings is 1. The molecule has 1 saturated carbocycles. The summed E-state index contributed by atoms with van der Waals surface area (Å²) in [5.74, 6) is 0. The molecule has 0 amide bonds. The highest BCUT2D eigenvalue weighted by Crippen LogP contribution is 2.42. The number of alkyl halides is 4. The molecule has 6 nitrogen and oxygen atoms in total. The fourth-order valence-electron chi connectivity index (χ4n) is 4.12. The van der Waals surface area contributed by atoms with Crippen molar-refractivity contribution in [3.8, 4) is 17.5 Å². The van der Waals surface area contributed by atoms with Crippen molar-refractivity contribution in [2.45, 2.75) is 49.1 Å². The van der Waals surface area contributed by atoms with Crippen molar-refractivity contribution in [1.29, 1.82) is 5.26 Å². The second kappa shape index (κ2) is 9.72. The van der Waals surface area contributed by atoms with E-state index in [1.165, 1.54) is 12.1 Å². The van der Waals surface area contributed by atoms with Gasteiger partial charge in [-0.25, -0.2) is 30.7 Å². The highest BCUT2D eigenvalue weighted by molar-refractivity contribution is 7.89. The van der Waals surface area contributed by atoms with Crippen LogP contribution in [0.4, 0.5) is 17.6 Å². The molecule has 11 heteroatoms. The van der Waals surface area contributed by atoms with Gasteiger partial charge in [-0.2, -0.15) is 5.26 Å². The van der Waals surface area contributed by atoms with Gasteiger partial charge in [0.15, 0.2) is 0 Å². The Labute approximate surface area is 194 Å². The van der Waals surface area contributed by atoms with E-state index in [1.54, 1.807) is 18.2 Å². The van der Waals surface area contributed by atoms with E-state index in [0.29, 0.717) is 33.4 Å². The molecule has 0 saturated heterocycles. The first kappa shape index (κ1) is 24.2. The summed E-state index contributed by atoms with van der Waals surface area (Å²) in [6, 6.07) is 8.33. The summed E-state index contributed by atoms with van der Waals surface area (Å²) in [7, 11) is -4.20. The van der Waals surface area contributed by atoms with Gasteiger partial charge < -0.3 is 4.57 Å². The maximum absolute atomic E-state index is 13.0. The molecule has 0 spiro atoms. The number of nitrogens with one attached hydrogen (secondary N) is 1. The van der Waals surface area contributed by atoms with Crippen LogP contribution in [0.3, 0.4) is 0 Å². The van der Waals surface area contributed by atoms with Crippen molar-refractivity contribution >= 4 is 20.9 Å². The van der Waals surface area contributed by atoms with E-state index < -0.39 is 42.3 Å². The molecule has 0 radical (unpaired) electrons. The molecule has 0 unspecified atom stereocenters. The number of pyridine rings is 1. The molecule has 3 aromatic rings. The first-order valence-electron chi connectivity index (χ1n) is 10.7. The van der Waals surface area contributed by atoms with E-state index in [-0.39, 0.29) is 10.9 Å².